The molecular formula is C20H25FN2O. The number of ether oxygens (including phenoxy) is 1. The molecule has 1 saturated carbocycles. The summed E-state index contributed by atoms with van der Waals surface area (Å²) in [5.41, 5.74) is 2.48. The van der Waals surface area contributed by atoms with Crippen LogP contribution < -0.4 is 10.1 Å². The Kier molecular flexibility index (Phi) is 5.46. The molecule has 1 aromatic heterocycles. The summed E-state index contributed by atoms with van der Waals surface area (Å²) in [6, 6.07) is 8.08. The van der Waals surface area contributed by atoms with Gasteiger partial charge in [0.05, 0.1) is 13.3 Å². The SMILES string of the molecule is COc1ccc(-c2ccncc2F)cc1CNC1CCC(C)CC1. The molecule has 0 spiro atoms. The summed E-state index contributed by atoms with van der Waals surface area (Å²) in [5, 5.41) is 3.64. The van der Waals surface area contributed by atoms with Gasteiger partial charge in [-0.25, -0.2) is 4.39 Å². The van der Waals surface area contributed by atoms with Crippen LogP contribution in [0.15, 0.2) is 36.7 Å². The number of methoxy groups -OCH3 is 1. The van der Waals surface area contributed by atoms with Crippen molar-refractivity contribution in [2.24, 2.45) is 5.92 Å². The fraction of sp³-hybridized carbons (Fsp3) is 0.450. The van der Waals surface area contributed by atoms with Crippen LogP contribution in [0.25, 0.3) is 11.1 Å². The lowest BCUT2D eigenvalue weighted by Crippen LogP contribution is -2.32. The highest BCUT2D eigenvalue weighted by Gasteiger charge is 2.18. The summed E-state index contributed by atoms with van der Waals surface area (Å²) in [6.07, 6.45) is 7.89. The van der Waals surface area contributed by atoms with E-state index in [1.165, 1.54) is 31.9 Å². The number of nitrogens with zero attached hydrogens (tertiary/aromatic N) is 1. The van der Waals surface area contributed by atoms with E-state index < -0.39 is 0 Å². The summed E-state index contributed by atoms with van der Waals surface area (Å²) in [6.45, 7) is 3.06. The van der Waals surface area contributed by atoms with Gasteiger partial charge in [0.2, 0.25) is 0 Å². The van der Waals surface area contributed by atoms with E-state index in [0.717, 1.165) is 29.3 Å². The zero-order valence-corrected chi connectivity index (χ0v) is 14.4. The Hall–Kier alpha value is -1.94. The molecule has 128 valence electrons. The summed E-state index contributed by atoms with van der Waals surface area (Å²) < 4.78 is 19.5. The lowest BCUT2D eigenvalue weighted by molar-refractivity contribution is 0.305. The molecule has 0 atom stereocenters. The molecule has 0 radical (unpaired) electrons. The van der Waals surface area contributed by atoms with Crippen molar-refractivity contribution >= 4 is 0 Å². The molecule has 0 unspecified atom stereocenters. The Morgan fingerprint density at radius 3 is 2.71 bits per heavy atom. The largest absolute Gasteiger partial charge is 0.496 e. The van der Waals surface area contributed by atoms with Gasteiger partial charge in [0.15, 0.2) is 0 Å². The van der Waals surface area contributed by atoms with Crippen LogP contribution in [0.4, 0.5) is 4.39 Å². The second-order valence-electron chi connectivity index (χ2n) is 6.72. The van der Waals surface area contributed by atoms with Crippen LogP contribution in [0.2, 0.25) is 0 Å². The lowest BCUT2D eigenvalue weighted by atomic mass is 9.87. The molecule has 1 heterocycles. The van der Waals surface area contributed by atoms with Gasteiger partial charge < -0.3 is 10.1 Å². The molecule has 0 bridgehead atoms. The molecule has 3 rings (SSSR count). The van der Waals surface area contributed by atoms with Crippen LogP contribution in [0, 0.1) is 11.7 Å². The van der Waals surface area contributed by atoms with E-state index in [4.69, 9.17) is 4.74 Å². The molecular weight excluding hydrogens is 303 g/mol. The van der Waals surface area contributed by atoms with Crippen molar-refractivity contribution in [1.82, 2.24) is 10.3 Å². The van der Waals surface area contributed by atoms with Crippen molar-refractivity contribution in [1.29, 1.82) is 0 Å². The minimum atomic E-state index is -0.303. The fourth-order valence-corrected chi connectivity index (χ4v) is 3.41. The van der Waals surface area contributed by atoms with Crippen molar-refractivity contribution in [3.8, 4) is 16.9 Å². The van der Waals surface area contributed by atoms with Crippen LogP contribution in [-0.4, -0.2) is 18.1 Å². The van der Waals surface area contributed by atoms with Gasteiger partial charge in [-0.2, -0.15) is 0 Å². The van der Waals surface area contributed by atoms with E-state index in [9.17, 15) is 4.39 Å². The van der Waals surface area contributed by atoms with Crippen LogP contribution in [-0.2, 0) is 6.54 Å². The quantitative estimate of drug-likeness (QED) is 0.873. The molecule has 0 saturated heterocycles. The van der Waals surface area contributed by atoms with Crippen molar-refractivity contribution in [3.05, 3.63) is 48.0 Å². The fourth-order valence-electron chi connectivity index (χ4n) is 3.41. The molecule has 4 heteroatoms. The van der Waals surface area contributed by atoms with Gasteiger partial charge in [-0.15, -0.1) is 0 Å². The predicted molar refractivity (Wildman–Crippen MR) is 94.4 cm³/mol. The molecule has 0 aliphatic heterocycles. The van der Waals surface area contributed by atoms with Gasteiger partial charge in [0.25, 0.3) is 0 Å². The molecule has 1 aliphatic rings. The zero-order chi connectivity index (χ0) is 16.9. The molecule has 1 fully saturated rings. The van der Waals surface area contributed by atoms with Gasteiger partial charge >= 0.3 is 0 Å². The van der Waals surface area contributed by atoms with Gasteiger partial charge in [0.1, 0.15) is 11.6 Å². The number of halogens is 1. The van der Waals surface area contributed by atoms with Crippen LogP contribution in [0.1, 0.15) is 38.2 Å². The average molecular weight is 328 g/mol. The highest BCUT2D eigenvalue weighted by atomic mass is 19.1. The number of pyridine rings is 1. The minimum Gasteiger partial charge on any atom is -0.496 e. The number of nitrogens with one attached hydrogen (secondary N) is 1. The molecule has 3 nitrogen and oxygen atoms in total. The second kappa shape index (κ2) is 7.75. The average Bonchev–Trinajstić information content (AvgIpc) is 2.61. The van der Waals surface area contributed by atoms with Crippen molar-refractivity contribution in [2.45, 2.75) is 45.2 Å². The third-order valence-electron chi connectivity index (χ3n) is 4.96. The van der Waals surface area contributed by atoms with Crippen molar-refractivity contribution in [3.63, 3.8) is 0 Å². The molecule has 24 heavy (non-hydrogen) atoms. The number of hydrogen-bond donors (Lipinski definition) is 1. The van der Waals surface area contributed by atoms with E-state index in [2.05, 4.69) is 17.2 Å². The predicted octanol–water partition coefficient (Wildman–Crippen LogP) is 4.56. The van der Waals surface area contributed by atoms with Gasteiger partial charge in [-0.3, -0.25) is 4.98 Å². The van der Waals surface area contributed by atoms with E-state index in [0.29, 0.717) is 11.6 Å². The van der Waals surface area contributed by atoms with E-state index in [1.807, 2.05) is 18.2 Å². The Bertz CT molecular complexity index is 681. The first kappa shape index (κ1) is 16.9. The topological polar surface area (TPSA) is 34.1 Å². The Morgan fingerprint density at radius 2 is 2.00 bits per heavy atom. The number of hydrogen-bond acceptors (Lipinski definition) is 3. The summed E-state index contributed by atoms with van der Waals surface area (Å²) in [4.78, 5) is 3.82. The molecule has 0 amide bonds. The Balaban J connectivity index is 1.76. The molecule has 1 N–H and O–H groups in total. The van der Waals surface area contributed by atoms with E-state index in [1.54, 1.807) is 19.4 Å². The number of benzene rings is 1. The third-order valence-corrected chi connectivity index (χ3v) is 4.96. The maximum Gasteiger partial charge on any atom is 0.149 e. The van der Waals surface area contributed by atoms with Gasteiger partial charge in [-0.1, -0.05) is 13.0 Å². The second-order valence-corrected chi connectivity index (χ2v) is 6.72. The van der Waals surface area contributed by atoms with Crippen LogP contribution in [0.5, 0.6) is 5.75 Å². The van der Waals surface area contributed by atoms with E-state index >= 15 is 0 Å². The van der Waals surface area contributed by atoms with Crippen molar-refractivity contribution < 1.29 is 9.13 Å². The van der Waals surface area contributed by atoms with Gasteiger partial charge in [0, 0.05) is 29.9 Å². The summed E-state index contributed by atoms with van der Waals surface area (Å²) in [5.74, 6) is 1.38. The number of rotatable bonds is 5. The van der Waals surface area contributed by atoms with E-state index in [-0.39, 0.29) is 5.82 Å². The zero-order valence-electron chi connectivity index (χ0n) is 14.4. The molecule has 1 aromatic carbocycles. The lowest BCUT2D eigenvalue weighted by Gasteiger charge is -2.27. The Morgan fingerprint density at radius 1 is 1.21 bits per heavy atom. The normalized spacial score (nSPS) is 20.8. The highest BCUT2D eigenvalue weighted by molar-refractivity contribution is 5.65. The monoisotopic (exact) mass is 328 g/mol. The van der Waals surface area contributed by atoms with Crippen LogP contribution in [0.3, 0.4) is 0 Å². The van der Waals surface area contributed by atoms with Crippen LogP contribution >= 0.6 is 0 Å². The van der Waals surface area contributed by atoms with Crippen molar-refractivity contribution in [2.75, 3.05) is 7.11 Å². The smallest absolute Gasteiger partial charge is 0.149 e. The van der Waals surface area contributed by atoms with Gasteiger partial charge in [-0.05, 0) is 55.4 Å². The number of aromatic nitrogens is 1. The third kappa shape index (κ3) is 3.93. The molecule has 2 aromatic rings. The maximum atomic E-state index is 14.0. The summed E-state index contributed by atoms with van der Waals surface area (Å²) >= 11 is 0. The maximum absolute atomic E-state index is 14.0. The standard InChI is InChI=1S/C20H25FN2O/c1-14-3-6-17(7-4-14)23-12-16-11-15(5-8-20(16)24-2)18-9-10-22-13-19(18)21/h5,8-11,13-14,17,23H,3-4,6-7,12H2,1-2H3. The highest BCUT2D eigenvalue weighted by Crippen LogP contribution is 2.29. The Labute approximate surface area is 143 Å². The first-order valence-corrected chi connectivity index (χ1v) is 8.67. The molecule has 1 aliphatic carbocycles. The first-order chi connectivity index (χ1) is 11.7. The first-order valence-electron chi connectivity index (χ1n) is 8.67. The summed E-state index contributed by atoms with van der Waals surface area (Å²) in [7, 11) is 1.67. The minimum absolute atomic E-state index is 0.303.